The molecule has 208 valence electrons. The van der Waals surface area contributed by atoms with E-state index < -0.39 is 11.9 Å². The molecular weight excluding hydrogens is 534 g/mol. The highest BCUT2D eigenvalue weighted by molar-refractivity contribution is 7.21. The van der Waals surface area contributed by atoms with Gasteiger partial charge in [-0.3, -0.25) is 9.59 Å². The Morgan fingerprint density at radius 2 is 1.56 bits per heavy atom. The highest BCUT2D eigenvalue weighted by Crippen LogP contribution is 2.35. The van der Waals surface area contributed by atoms with Crippen LogP contribution in [-0.4, -0.2) is 30.5 Å². The van der Waals surface area contributed by atoms with E-state index in [4.69, 9.17) is 16.3 Å². The number of carbonyl (C=O) groups excluding carboxylic acids is 3. The van der Waals surface area contributed by atoms with E-state index in [1.807, 2.05) is 24.3 Å². The van der Waals surface area contributed by atoms with Crippen molar-refractivity contribution in [1.82, 2.24) is 10.7 Å². The lowest BCUT2D eigenvalue weighted by atomic mass is 10.1. The number of unbranched alkanes of at least 4 members (excludes halogenated alkanes) is 8. The molecule has 0 aliphatic rings. The number of nitrogens with one attached hydrogen (secondary N) is 2. The highest BCUT2D eigenvalue weighted by atomic mass is 35.5. The number of fused-ring (bicyclic) bond motifs is 1. The van der Waals surface area contributed by atoms with Crippen LogP contribution in [0.4, 0.5) is 0 Å². The van der Waals surface area contributed by atoms with Gasteiger partial charge in [0.05, 0.1) is 17.8 Å². The van der Waals surface area contributed by atoms with Crippen LogP contribution < -0.4 is 15.5 Å². The minimum absolute atomic E-state index is 0.122. The van der Waals surface area contributed by atoms with Gasteiger partial charge in [-0.15, -0.1) is 11.3 Å². The summed E-state index contributed by atoms with van der Waals surface area (Å²) in [6.45, 7) is 2.10. The number of hydrogen-bond acceptors (Lipinski definition) is 6. The number of nitrogens with zero attached hydrogens (tertiary/aromatic N) is 1. The first kappa shape index (κ1) is 30.3. The molecular formula is C30H36ClN3O4S. The van der Waals surface area contributed by atoms with E-state index in [0.717, 1.165) is 29.3 Å². The van der Waals surface area contributed by atoms with Crippen molar-refractivity contribution in [2.24, 2.45) is 5.10 Å². The Balaban J connectivity index is 1.31. The van der Waals surface area contributed by atoms with Crippen molar-refractivity contribution in [3.8, 4) is 5.75 Å². The summed E-state index contributed by atoms with van der Waals surface area (Å²) in [5.74, 6) is -0.685. The second-order valence-electron chi connectivity index (χ2n) is 9.35. The molecule has 0 atom stereocenters. The summed E-state index contributed by atoms with van der Waals surface area (Å²) in [7, 11) is 0. The van der Waals surface area contributed by atoms with E-state index >= 15 is 0 Å². The lowest BCUT2D eigenvalue weighted by Gasteiger charge is -2.05. The molecule has 0 aliphatic heterocycles. The van der Waals surface area contributed by atoms with Gasteiger partial charge >= 0.3 is 5.97 Å². The molecule has 2 amide bonds. The summed E-state index contributed by atoms with van der Waals surface area (Å²) in [5, 5.41) is 7.75. The average molecular weight is 570 g/mol. The van der Waals surface area contributed by atoms with Gasteiger partial charge < -0.3 is 10.1 Å². The van der Waals surface area contributed by atoms with Gasteiger partial charge in [-0.25, -0.2) is 10.2 Å². The molecule has 0 aliphatic carbocycles. The molecule has 0 bridgehead atoms. The maximum Gasteiger partial charge on any atom is 0.355 e. The van der Waals surface area contributed by atoms with E-state index in [2.05, 4.69) is 22.8 Å². The number of thiophene rings is 1. The van der Waals surface area contributed by atoms with Crippen LogP contribution in [0.1, 0.15) is 86.4 Å². The first-order valence-electron chi connectivity index (χ1n) is 13.6. The molecule has 9 heteroatoms. The van der Waals surface area contributed by atoms with Gasteiger partial charge in [0.15, 0.2) is 0 Å². The summed E-state index contributed by atoms with van der Waals surface area (Å²) in [4.78, 5) is 36.8. The quantitative estimate of drug-likeness (QED) is 0.0623. The molecule has 2 N–H and O–H groups in total. The number of hydrogen-bond donors (Lipinski definition) is 2. The molecule has 2 aromatic carbocycles. The first-order chi connectivity index (χ1) is 19.0. The lowest BCUT2D eigenvalue weighted by Crippen LogP contribution is -2.34. The Hall–Kier alpha value is -3.23. The topological polar surface area (TPSA) is 96.9 Å². The standard InChI is InChI=1S/C30H36ClN3O4S/c1-2-3-4-5-6-7-8-9-10-15-26(35)32-21-27(36)34-33-20-22-16-18-23(19-17-22)38-30(37)29-28(31)24-13-11-12-14-25(24)39-29/h11-14,16-20H,2-10,15,21H2,1H3,(H,32,35)(H,34,36)/b33-20+. The van der Waals surface area contributed by atoms with Crippen molar-refractivity contribution in [2.75, 3.05) is 6.54 Å². The van der Waals surface area contributed by atoms with E-state index in [-0.39, 0.29) is 12.5 Å². The van der Waals surface area contributed by atoms with E-state index in [9.17, 15) is 14.4 Å². The Morgan fingerprint density at radius 3 is 2.26 bits per heavy atom. The number of esters is 1. The third-order valence-electron chi connectivity index (χ3n) is 6.17. The lowest BCUT2D eigenvalue weighted by molar-refractivity contribution is -0.126. The monoisotopic (exact) mass is 569 g/mol. The Labute approximate surface area is 239 Å². The zero-order valence-corrected chi connectivity index (χ0v) is 23.9. The predicted octanol–water partition coefficient (Wildman–Crippen LogP) is 7.26. The third kappa shape index (κ3) is 10.5. The fraction of sp³-hybridized carbons (Fsp3) is 0.400. The van der Waals surface area contributed by atoms with E-state index in [0.29, 0.717) is 27.6 Å². The number of hydrazone groups is 1. The minimum atomic E-state index is -0.519. The van der Waals surface area contributed by atoms with Crippen molar-refractivity contribution in [3.05, 3.63) is 64.0 Å². The number of rotatable bonds is 16. The van der Waals surface area contributed by atoms with Gasteiger partial charge in [0, 0.05) is 16.5 Å². The Kier molecular flexibility index (Phi) is 13.0. The van der Waals surface area contributed by atoms with Gasteiger partial charge in [0.1, 0.15) is 10.6 Å². The first-order valence-corrected chi connectivity index (χ1v) is 14.7. The number of benzene rings is 2. The summed E-state index contributed by atoms with van der Waals surface area (Å²) >= 11 is 7.64. The number of amides is 2. The van der Waals surface area contributed by atoms with Crippen LogP contribution >= 0.6 is 22.9 Å². The molecule has 0 saturated heterocycles. The minimum Gasteiger partial charge on any atom is -0.422 e. The second kappa shape index (κ2) is 16.7. The van der Waals surface area contributed by atoms with Crippen molar-refractivity contribution >= 4 is 57.0 Å². The van der Waals surface area contributed by atoms with Crippen LogP contribution in [0, 0.1) is 0 Å². The van der Waals surface area contributed by atoms with Crippen molar-refractivity contribution < 1.29 is 19.1 Å². The molecule has 0 unspecified atom stereocenters. The van der Waals surface area contributed by atoms with Crippen LogP contribution in [0.3, 0.4) is 0 Å². The van der Waals surface area contributed by atoms with Crippen LogP contribution in [0.2, 0.25) is 5.02 Å². The fourth-order valence-electron chi connectivity index (χ4n) is 4.00. The largest absolute Gasteiger partial charge is 0.422 e. The maximum absolute atomic E-state index is 12.6. The second-order valence-corrected chi connectivity index (χ2v) is 10.8. The molecule has 0 fully saturated rings. The summed E-state index contributed by atoms with van der Waals surface area (Å²) < 4.78 is 6.38. The zero-order valence-electron chi connectivity index (χ0n) is 22.3. The van der Waals surface area contributed by atoms with Crippen LogP contribution in [0.5, 0.6) is 5.75 Å². The maximum atomic E-state index is 12.6. The van der Waals surface area contributed by atoms with Gasteiger partial charge in [0.25, 0.3) is 5.91 Å². The third-order valence-corrected chi connectivity index (χ3v) is 7.82. The Bertz CT molecular complexity index is 1260. The van der Waals surface area contributed by atoms with Gasteiger partial charge in [0.2, 0.25) is 5.91 Å². The Morgan fingerprint density at radius 1 is 0.897 bits per heavy atom. The van der Waals surface area contributed by atoms with Gasteiger partial charge in [-0.2, -0.15) is 5.10 Å². The molecule has 7 nitrogen and oxygen atoms in total. The molecule has 1 aromatic heterocycles. The summed E-state index contributed by atoms with van der Waals surface area (Å²) in [6.07, 6.45) is 12.6. The molecule has 1 heterocycles. The number of halogens is 1. The zero-order chi connectivity index (χ0) is 27.9. The van der Waals surface area contributed by atoms with E-state index in [1.165, 1.54) is 56.1 Å². The van der Waals surface area contributed by atoms with Crippen molar-refractivity contribution in [3.63, 3.8) is 0 Å². The van der Waals surface area contributed by atoms with Crippen LogP contribution in [-0.2, 0) is 9.59 Å². The summed E-state index contributed by atoms with van der Waals surface area (Å²) in [5.41, 5.74) is 3.09. The van der Waals surface area contributed by atoms with Gasteiger partial charge in [-0.05, 0) is 42.3 Å². The molecule has 0 saturated carbocycles. The SMILES string of the molecule is CCCCCCCCCCCC(=O)NCC(=O)N/N=C/c1ccc(OC(=O)c2sc3ccccc3c2Cl)cc1. The van der Waals surface area contributed by atoms with Crippen LogP contribution in [0.25, 0.3) is 10.1 Å². The molecule has 3 aromatic rings. The van der Waals surface area contributed by atoms with Crippen molar-refractivity contribution in [2.45, 2.75) is 71.1 Å². The normalized spacial score (nSPS) is 11.1. The molecule has 39 heavy (non-hydrogen) atoms. The van der Waals surface area contributed by atoms with Gasteiger partial charge in [-0.1, -0.05) is 88.1 Å². The molecule has 0 radical (unpaired) electrons. The molecule has 3 rings (SSSR count). The smallest absolute Gasteiger partial charge is 0.355 e. The van der Waals surface area contributed by atoms with Crippen LogP contribution in [0.15, 0.2) is 53.6 Å². The molecule has 0 spiro atoms. The fourth-order valence-corrected chi connectivity index (χ4v) is 5.39. The number of carbonyl (C=O) groups is 3. The summed E-state index contributed by atoms with van der Waals surface area (Å²) in [6, 6.07) is 14.2. The average Bonchev–Trinajstić information content (AvgIpc) is 3.28. The van der Waals surface area contributed by atoms with E-state index in [1.54, 1.807) is 24.3 Å². The predicted molar refractivity (Wildman–Crippen MR) is 159 cm³/mol. The van der Waals surface area contributed by atoms with Crippen molar-refractivity contribution in [1.29, 1.82) is 0 Å². The number of ether oxygens (including phenoxy) is 1. The highest BCUT2D eigenvalue weighted by Gasteiger charge is 2.18.